The van der Waals surface area contributed by atoms with Crippen molar-refractivity contribution >= 4 is 21.1 Å². The summed E-state index contributed by atoms with van der Waals surface area (Å²) in [6.45, 7) is 5.85. The van der Waals surface area contributed by atoms with Gasteiger partial charge in [-0.1, -0.05) is 19.9 Å². The Morgan fingerprint density at radius 3 is 2.59 bits per heavy atom. The van der Waals surface area contributed by atoms with Crippen LogP contribution in [0.2, 0.25) is 0 Å². The fourth-order valence-corrected chi connectivity index (χ4v) is 2.15. The Balaban J connectivity index is 0.000000686. The summed E-state index contributed by atoms with van der Waals surface area (Å²) >= 11 is 0. The van der Waals surface area contributed by atoms with Gasteiger partial charge in [-0.15, -0.1) is 0 Å². The highest BCUT2D eigenvalue weighted by atomic mass is 32.2. The van der Waals surface area contributed by atoms with Crippen LogP contribution in [0.5, 0.6) is 0 Å². The molecule has 3 N–H and O–H groups in total. The SMILES string of the molecule is CC.Cc1nc2ccc(CS(N)(=O)=O)cc2[nH]1. The van der Waals surface area contributed by atoms with Crippen molar-refractivity contribution in [3.63, 3.8) is 0 Å². The van der Waals surface area contributed by atoms with E-state index in [1.165, 1.54) is 0 Å². The van der Waals surface area contributed by atoms with Crippen LogP contribution >= 0.6 is 0 Å². The number of primary sulfonamides is 1. The number of fused-ring (bicyclic) bond motifs is 1. The van der Waals surface area contributed by atoms with Crippen LogP contribution < -0.4 is 5.14 Å². The van der Waals surface area contributed by atoms with E-state index < -0.39 is 10.0 Å². The molecule has 94 valence electrons. The standard InChI is InChI=1S/C9H11N3O2S.C2H6/c1-6-11-8-3-2-7(4-9(8)12-6)5-15(10,13)14;1-2/h2-4H,5H2,1H3,(H,11,12)(H2,10,13,14);1-2H3. The molecule has 0 amide bonds. The summed E-state index contributed by atoms with van der Waals surface area (Å²) in [5.74, 6) is 0.652. The minimum absolute atomic E-state index is 0.152. The van der Waals surface area contributed by atoms with Crippen LogP contribution in [0.3, 0.4) is 0 Å². The number of hydrogen-bond acceptors (Lipinski definition) is 3. The van der Waals surface area contributed by atoms with Crippen molar-refractivity contribution in [2.45, 2.75) is 26.5 Å². The van der Waals surface area contributed by atoms with Crippen molar-refractivity contribution in [3.8, 4) is 0 Å². The van der Waals surface area contributed by atoms with Gasteiger partial charge in [-0.25, -0.2) is 18.5 Å². The molecule has 0 bridgehead atoms. The number of benzene rings is 1. The van der Waals surface area contributed by atoms with Gasteiger partial charge in [0, 0.05) is 0 Å². The number of imidazole rings is 1. The zero-order chi connectivity index (χ0) is 13.1. The van der Waals surface area contributed by atoms with Crippen molar-refractivity contribution in [1.29, 1.82) is 0 Å². The van der Waals surface area contributed by atoms with E-state index in [4.69, 9.17) is 5.14 Å². The van der Waals surface area contributed by atoms with Crippen LogP contribution in [0.15, 0.2) is 18.2 Å². The first kappa shape index (κ1) is 13.7. The lowest BCUT2D eigenvalue weighted by Crippen LogP contribution is -2.14. The predicted molar refractivity (Wildman–Crippen MR) is 69.0 cm³/mol. The lowest BCUT2D eigenvalue weighted by Gasteiger charge is -1.98. The summed E-state index contributed by atoms with van der Waals surface area (Å²) in [5, 5.41) is 4.96. The number of aromatic nitrogens is 2. The molecule has 0 fully saturated rings. The number of nitrogens with zero attached hydrogens (tertiary/aromatic N) is 1. The molecule has 17 heavy (non-hydrogen) atoms. The maximum absolute atomic E-state index is 10.9. The number of rotatable bonds is 2. The van der Waals surface area contributed by atoms with E-state index in [2.05, 4.69) is 9.97 Å². The minimum atomic E-state index is -3.47. The molecule has 0 aliphatic rings. The highest BCUT2D eigenvalue weighted by molar-refractivity contribution is 7.88. The van der Waals surface area contributed by atoms with Crippen molar-refractivity contribution in [2.24, 2.45) is 5.14 Å². The van der Waals surface area contributed by atoms with E-state index in [1.54, 1.807) is 18.2 Å². The average Bonchev–Trinajstić information content (AvgIpc) is 2.58. The maximum Gasteiger partial charge on any atom is 0.213 e. The Bertz CT molecular complexity index is 602. The molecule has 0 spiro atoms. The third kappa shape index (κ3) is 3.83. The second kappa shape index (κ2) is 5.29. The van der Waals surface area contributed by atoms with Crippen LogP contribution in [-0.2, 0) is 15.8 Å². The van der Waals surface area contributed by atoms with E-state index in [1.807, 2.05) is 20.8 Å². The molecule has 0 aliphatic carbocycles. The number of hydrogen-bond donors (Lipinski definition) is 2. The van der Waals surface area contributed by atoms with Gasteiger partial charge in [-0.3, -0.25) is 0 Å². The molecular formula is C11H17N3O2S. The van der Waals surface area contributed by atoms with Crippen LogP contribution in [0.25, 0.3) is 11.0 Å². The summed E-state index contributed by atoms with van der Waals surface area (Å²) in [6, 6.07) is 5.24. The minimum Gasteiger partial charge on any atom is -0.342 e. The first-order valence-corrected chi connectivity index (χ1v) is 7.11. The average molecular weight is 255 g/mol. The number of H-pyrrole nitrogens is 1. The normalized spacial score (nSPS) is 11.1. The van der Waals surface area contributed by atoms with Gasteiger partial charge >= 0.3 is 0 Å². The van der Waals surface area contributed by atoms with Gasteiger partial charge in [0.25, 0.3) is 0 Å². The molecule has 0 radical (unpaired) electrons. The lowest BCUT2D eigenvalue weighted by molar-refractivity contribution is 0.597. The Morgan fingerprint density at radius 2 is 2.00 bits per heavy atom. The topological polar surface area (TPSA) is 88.8 Å². The zero-order valence-corrected chi connectivity index (χ0v) is 11.0. The van der Waals surface area contributed by atoms with Crippen molar-refractivity contribution < 1.29 is 8.42 Å². The Kier molecular flexibility index (Phi) is 4.25. The van der Waals surface area contributed by atoms with Gasteiger partial charge in [0.2, 0.25) is 10.0 Å². The lowest BCUT2D eigenvalue weighted by atomic mass is 10.2. The molecule has 0 atom stereocenters. The molecule has 0 saturated heterocycles. The Labute approximate surface area is 101 Å². The molecule has 2 rings (SSSR count). The van der Waals surface area contributed by atoms with Gasteiger partial charge in [-0.2, -0.15) is 0 Å². The summed E-state index contributed by atoms with van der Waals surface area (Å²) < 4.78 is 21.8. The quantitative estimate of drug-likeness (QED) is 0.855. The van der Waals surface area contributed by atoms with Crippen molar-refractivity contribution in [3.05, 3.63) is 29.6 Å². The fourth-order valence-electron chi connectivity index (χ4n) is 1.51. The number of aromatic amines is 1. The molecule has 2 aromatic rings. The second-order valence-corrected chi connectivity index (χ2v) is 5.10. The summed E-state index contributed by atoms with van der Waals surface area (Å²) in [5.41, 5.74) is 2.31. The maximum atomic E-state index is 10.9. The Hall–Kier alpha value is -1.40. The van der Waals surface area contributed by atoms with Crippen LogP contribution in [0.1, 0.15) is 25.2 Å². The molecule has 0 saturated carbocycles. The smallest absolute Gasteiger partial charge is 0.213 e. The monoisotopic (exact) mass is 255 g/mol. The first-order valence-electron chi connectivity index (χ1n) is 5.40. The van der Waals surface area contributed by atoms with E-state index in [0.717, 1.165) is 16.9 Å². The van der Waals surface area contributed by atoms with E-state index in [-0.39, 0.29) is 5.75 Å². The predicted octanol–water partition coefficient (Wildman–Crippen LogP) is 1.69. The second-order valence-electron chi connectivity index (χ2n) is 3.48. The van der Waals surface area contributed by atoms with E-state index in [9.17, 15) is 8.42 Å². The molecule has 6 heteroatoms. The van der Waals surface area contributed by atoms with Crippen LogP contribution in [0, 0.1) is 6.92 Å². The van der Waals surface area contributed by atoms with E-state index in [0.29, 0.717) is 5.56 Å². The number of nitrogens with one attached hydrogen (secondary N) is 1. The van der Waals surface area contributed by atoms with Gasteiger partial charge in [0.1, 0.15) is 5.82 Å². The van der Waals surface area contributed by atoms with Gasteiger partial charge in [-0.05, 0) is 24.6 Å². The number of aryl methyl sites for hydroxylation is 1. The largest absolute Gasteiger partial charge is 0.342 e. The molecule has 1 heterocycles. The molecule has 5 nitrogen and oxygen atoms in total. The summed E-state index contributed by atoms with van der Waals surface area (Å²) in [6.07, 6.45) is 0. The fraction of sp³-hybridized carbons (Fsp3) is 0.364. The number of nitrogens with two attached hydrogens (primary N) is 1. The summed E-state index contributed by atoms with van der Waals surface area (Å²) in [4.78, 5) is 7.25. The zero-order valence-electron chi connectivity index (χ0n) is 10.2. The molecule has 1 aromatic heterocycles. The van der Waals surface area contributed by atoms with Gasteiger partial charge in [0.15, 0.2) is 0 Å². The first-order chi connectivity index (χ1) is 7.94. The van der Waals surface area contributed by atoms with Crippen LogP contribution in [0.4, 0.5) is 0 Å². The third-order valence-corrected chi connectivity index (χ3v) is 2.77. The van der Waals surface area contributed by atoms with Crippen molar-refractivity contribution in [2.75, 3.05) is 0 Å². The molecule has 0 unspecified atom stereocenters. The highest BCUT2D eigenvalue weighted by Gasteiger charge is 2.06. The van der Waals surface area contributed by atoms with Crippen LogP contribution in [-0.4, -0.2) is 18.4 Å². The summed E-state index contributed by atoms with van der Waals surface area (Å²) in [7, 11) is -3.47. The highest BCUT2D eigenvalue weighted by Crippen LogP contribution is 2.14. The molecule has 1 aromatic carbocycles. The Morgan fingerprint density at radius 1 is 1.35 bits per heavy atom. The van der Waals surface area contributed by atoms with Gasteiger partial charge in [0.05, 0.1) is 16.8 Å². The molecular weight excluding hydrogens is 238 g/mol. The third-order valence-electron chi connectivity index (χ3n) is 2.03. The van der Waals surface area contributed by atoms with E-state index >= 15 is 0 Å². The van der Waals surface area contributed by atoms with Crippen molar-refractivity contribution in [1.82, 2.24) is 9.97 Å². The molecule has 0 aliphatic heterocycles. The number of sulfonamides is 1. The van der Waals surface area contributed by atoms with Gasteiger partial charge < -0.3 is 4.98 Å².